The predicted octanol–water partition coefficient (Wildman–Crippen LogP) is 1.69. The highest BCUT2D eigenvalue weighted by atomic mass is 16.5. The molecule has 0 amide bonds. The van der Waals surface area contributed by atoms with Crippen LogP contribution in [-0.2, 0) is 11.8 Å². The fraction of sp³-hybridized carbons (Fsp3) is 0.400. The van der Waals surface area contributed by atoms with Gasteiger partial charge in [-0.25, -0.2) is 9.50 Å². The van der Waals surface area contributed by atoms with Crippen molar-refractivity contribution in [2.75, 3.05) is 13.2 Å². The highest BCUT2D eigenvalue weighted by Gasteiger charge is 2.19. The fourth-order valence-electron chi connectivity index (χ4n) is 2.64. The first kappa shape index (κ1) is 13.3. The Kier molecular flexibility index (Phi) is 3.27. The molecule has 0 aliphatic carbocycles. The van der Waals surface area contributed by atoms with Gasteiger partial charge in [0.15, 0.2) is 0 Å². The van der Waals surface area contributed by atoms with E-state index in [2.05, 4.69) is 15.2 Å². The van der Waals surface area contributed by atoms with Gasteiger partial charge in [-0.2, -0.15) is 10.2 Å². The Labute approximate surface area is 127 Å². The normalized spacial score (nSPS) is 18.7. The van der Waals surface area contributed by atoms with Gasteiger partial charge in [-0.15, -0.1) is 0 Å². The summed E-state index contributed by atoms with van der Waals surface area (Å²) in [4.78, 5) is 4.66. The molecule has 7 heteroatoms. The van der Waals surface area contributed by atoms with Gasteiger partial charge >= 0.3 is 0 Å². The maximum Gasteiger partial charge on any atom is 0.241 e. The maximum absolute atomic E-state index is 6.07. The second kappa shape index (κ2) is 5.42. The highest BCUT2D eigenvalue weighted by molar-refractivity contribution is 5.63. The van der Waals surface area contributed by atoms with Gasteiger partial charge in [0.2, 0.25) is 5.88 Å². The van der Waals surface area contributed by atoms with Crippen molar-refractivity contribution in [2.45, 2.75) is 18.9 Å². The number of hydrogen-bond donors (Lipinski definition) is 0. The van der Waals surface area contributed by atoms with Crippen LogP contribution >= 0.6 is 0 Å². The van der Waals surface area contributed by atoms with E-state index in [1.807, 2.05) is 25.5 Å². The summed E-state index contributed by atoms with van der Waals surface area (Å²) in [7, 11) is 1.88. The molecular formula is C15H17N5O2. The molecule has 3 aromatic rings. The summed E-state index contributed by atoms with van der Waals surface area (Å²) in [5.74, 6) is 0.592. The number of rotatable bonds is 3. The summed E-state index contributed by atoms with van der Waals surface area (Å²) in [5.41, 5.74) is 2.58. The lowest BCUT2D eigenvalue weighted by Gasteiger charge is -2.23. The van der Waals surface area contributed by atoms with Crippen LogP contribution in [0.4, 0.5) is 0 Å². The summed E-state index contributed by atoms with van der Waals surface area (Å²) in [6, 6.07) is 1.90. The monoisotopic (exact) mass is 299 g/mol. The van der Waals surface area contributed by atoms with Crippen LogP contribution in [0.15, 0.2) is 30.9 Å². The minimum absolute atomic E-state index is 0.0455. The van der Waals surface area contributed by atoms with E-state index in [4.69, 9.17) is 9.47 Å². The van der Waals surface area contributed by atoms with Crippen LogP contribution in [-0.4, -0.2) is 43.7 Å². The number of aryl methyl sites for hydroxylation is 1. The van der Waals surface area contributed by atoms with Crippen LogP contribution in [0.25, 0.3) is 16.8 Å². The molecule has 0 N–H and O–H groups in total. The van der Waals surface area contributed by atoms with Gasteiger partial charge in [0, 0.05) is 25.4 Å². The molecule has 1 aliphatic heterocycles. The first-order valence-corrected chi connectivity index (χ1v) is 7.37. The lowest BCUT2D eigenvalue weighted by atomic mass is 10.2. The van der Waals surface area contributed by atoms with Gasteiger partial charge < -0.3 is 9.47 Å². The van der Waals surface area contributed by atoms with Crippen LogP contribution in [0.1, 0.15) is 12.8 Å². The van der Waals surface area contributed by atoms with Crippen molar-refractivity contribution in [3.05, 3.63) is 30.9 Å². The molecule has 1 fully saturated rings. The Balaban J connectivity index is 1.73. The van der Waals surface area contributed by atoms with Crippen LogP contribution in [0, 0.1) is 0 Å². The first-order chi connectivity index (χ1) is 10.8. The molecule has 0 spiro atoms. The molecule has 1 atom stereocenters. The summed E-state index contributed by atoms with van der Waals surface area (Å²) in [6.07, 6.45) is 9.38. The number of hydrogen-bond acceptors (Lipinski definition) is 5. The molecule has 0 aromatic carbocycles. The zero-order valence-electron chi connectivity index (χ0n) is 12.3. The minimum atomic E-state index is 0.0455. The van der Waals surface area contributed by atoms with E-state index in [1.54, 1.807) is 21.6 Å². The van der Waals surface area contributed by atoms with E-state index in [9.17, 15) is 0 Å². The summed E-state index contributed by atoms with van der Waals surface area (Å²) >= 11 is 0. The average Bonchev–Trinajstić information content (AvgIpc) is 3.17. The maximum atomic E-state index is 6.07. The smallest absolute Gasteiger partial charge is 0.241 e. The molecule has 7 nitrogen and oxygen atoms in total. The van der Waals surface area contributed by atoms with Crippen LogP contribution in [0.3, 0.4) is 0 Å². The Morgan fingerprint density at radius 2 is 2.27 bits per heavy atom. The van der Waals surface area contributed by atoms with Crippen molar-refractivity contribution in [3.8, 4) is 17.1 Å². The van der Waals surface area contributed by atoms with Crippen molar-refractivity contribution in [3.63, 3.8) is 0 Å². The topological polar surface area (TPSA) is 66.5 Å². The van der Waals surface area contributed by atoms with E-state index in [1.165, 1.54) is 0 Å². The molecule has 1 saturated heterocycles. The highest BCUT2D eigenvalue weighted by Crippen LogP contribution is 2.25. The van der Waals surface area contributed by atoms with Crippen molar-refractivity contribution >= 4 is 5.52 Å². The molecule has 4 heterocycles. The first-order valence-electron chi connectivity index (χ1n) is 7.37. The lowest BCUT2D eigenvalue weighted by Crippen LogP contribution is -2.28. The zero-order chi connectivity index (χ0) is 14.9. The molecule has 0 radical (unpaired) electrons. The average molecular weight is 299 g/mol. The fourth-order valence-corrected chi connectivity index (χ4v) is 2.64. The number of fused-ring (bicyclic) bond motifs is 1. The number of aromatic nitrogens is 5. The van der Waals surface area contributed by atoms with Crippen molar-refractivity contribution < 1.29 is 9.47 Å². The Hall–Kier alpha value is -2.41. The largest absolute Gasteiger partial charge is 0.470 e. The quantitative estimate of drug-likeness (QED) is 0.736. The molecule has 4 rings (SSSR count). The van der Waals surface area contributed by atoms with Crippen LogP contribution in [0.5, 0.6) is 5.88 Å². The molecular weight excluding hydrogens is 282 g/mol. The van der Waals surface area contributed by atoms with E-state index in [0.29, 0.717) is 12.5 Å². The summed E-state index contributed by atoms with van der Waals surface area (Å²) in [5, 5.41) is 8.50. The van der Waals surface area contributed by atoms with Gasteiger partial charge in [0.05, 0.1) is 30.9 Å². The van der Waals surface area contributed by atoms with Crippen molar-refractivity contribution in [1.82, 2.24) is 24.4 Å². The van der Waals surface area contributed by atoms with E-state index < -0.39 is 0 Å². The molecule has 1 aliphatic rings. The van der Waals surface area contributed by atoms with E-state index in [-0.39, 0.29) is 6.10 Å². The second-order valence-corrected chi connectivity index (χ2v) is 5.45. The van der Waals surface area contributed by atoms with Gasteiger partial charge in [0.25, 0.3) is 0 Å². The van der Waals surface area contributed by atoms with Crippen LogP contribution < -0.4 is 4.74 Å². The Morgan fingerprint density at radius 3 is 3.05 bits per heavy atom. The minimum Gasteiger partial charge on any atom is -0.470 e. The Bertz CT molecular complexity index is 788. The van der Waals surface area contributed by atoms with Crippen molar-refractivity contribution in [1.29, 1.82) is 0 Å². The van der Waals surface area contributed by atoms with Crippen molar-refractivity contribution in [2.24, 2.45) is 7.05 Å². The zero-order valence-corrected chi connectivity index (χ0v) is 12.3. The van der Waals surface area contributed by atoms with Gasteiger partial charge in [-0.1, -0.05) is 0 Å². The van der Waals surface area contributed by atoms with E-state index in [0.717, 1.165) is 36.2 Å². The Morgan fingerprint density at radius 1 is 1.32 bits per heavy atom. The van der Waals surface area contributed by atoms with Gasteiger partial charge in [-0.3, -0.25) is 4.68 Å². The van der Waals surface area contributed by atoms with Gasteiger partial charge in [-0.05, 0) is 18.9 Å². The van der Waals surface area contributed by atoms with Crippen LogP contribution in [0.2, 0.25) is 0 Å². The van der Waals surface area contributed by atoms with E-state index >= 15 is 0 Å². The molecule has 0 saturated carbocycles. The molecule has 0 bridgehead atoms. The molecule has 22 heavy (non-hydrogen) atoms. The number of nitrogens with zero attached hydrogens (tertiary/aromatic N) is 5. The third kappa shape index (κ3) is 2.43. The van der Waals surface area contributed by atoms with Gasteiger partial charge in [0.1, 0.15) is 11.6 Å². The lowest BCUT2D eigenvalue weighted by molar-refractivity contribution is 0.00608. The third-order valence-electron chi connectivity index (χ3n) is 3.75. The predicted molar refractivity (Wildman–Crippen MR) is 79.7 cm³/mol. The number of ether oxygens (including phenoxy) is 2. The third-order valence-corrected chi connectivity index (χ3v) is 3.75. The summed E-state index contributed by atoms with van der Waals surface area (Å²) in [6.45, 7) is 1.42. The second-order valence-electron chi connectivity index (χ2n) is 5.45. The molecule has 3 aromatic heterocycles. The SMILES string of the molecule is Cn1cc(-c2cn3nccc3c(O[C@@H]3CCCOC3)n2)cn1. The summed E-state index contributed by atoms with van der Waals surface area (Å²) < 4.78 is 15.1. The molecule has 114 valence electrons. The molecule has 0 unspecified atom stereocenters. The standard InChI is InChI=1S/C15H17N5O2/c1-19-8-11(7-17-19)13-9-20-14(4-5-16-20)15(18-13)22-12-3-2-6-21-10-12/h4-5,7-9,12H,2-3,6,10H2,1H3/t12-/m1/s1.